The largest absolute Gasteiger partial charge is 0.496 e. The minimum Gasteiger partial charge on any atom is -0.496 e. The molecule has 0 saturated heterocycles. The number of carbonyl (C=O) groups is 2. The van der Waals surface area contributed by atoms with Crippen LogP contribution in [0.5, 0.6) is 5.75 Å². The fourth-order valence-corrected chi connectivity index (χ4v) is 1.36. The normalized spacial score (nSPS) is 9.67. The minimum atomic E-state index is -0.486. The van der Waals surface area contributed by atoms with E-state index in [1.807, 2.05) is 0 Å². The van der Waals surface area contributed by atoms with Gasteiger partial charge in [-0.3, -0.25) is 9.59 Å². The second-order valence-electron chi connectivity index (χ2n) is 3.45. The van der Waals surface area contributed by atoms with Crippen LogP contribution in [0.1, 0.15) is 17.3 Å². The van der Waals surface area contributed by atoms with Crippen LogP contribution in [0, 0.1) is 0 Å². The highest BCUT2D eigenvalue weighted by Crippen LogP contribution is 2.21. The quantitative estimate of drug-likeness (QED) is 0.590. The van der Waals surface area contributed by atoms with Gasteiger partial charge in [0.25, 0.3) is 5.91 Å². The molecule has 1 rings (SSSR count). The maximum Gasteiger partial charge on any atom is 0.325 e. The predicted octanol–water partition coefficient (Wildman–Crippen LogP) is 0.570. The third-order valence-electron chi connectivity index (χ3n) is 2.17. The van der Waals surface area contributed by atoms with Crippen LogP contribution in [0.4, 0.5) is 5.69 Å². The summed E-state index contributed by atoms with van der Waals surface area (Å²) in [5.74, 6) is -0.545. The van der Waals surface area contributed by atoms with E-state index in [-0.39, 0.29) is 13.2 Å². The van der Waals surface area contributed by atoms with E-state index in [4.69, 9.17) is 15.2 Å². The first kappa shape index (κ1) is 13.8. The van der Waals surface area contributed by atoms with Gasteiger partial charge in [-0.15, -0.1) is 0 Å². The van der Waals surface area contributed by atoms with Crippen molar-refractivity contribution in [2.24, 2.45) is 0 Å². The Kier molecular flexibility index (Phi) is 4.98. The van der Waals surface area contributed by atoms with E-state index in [0.717, 1.165) is 0 Å². The summed E-state index contributed by atoms with van der Waals surface area (Å²) >= 11 is 0. The molecule has 6 heteroatoms. The van der Waals surface area contributed by atoms with Crippen LogP contribution < -0.4 is 15.8 Å². The van der Waals surface area contributed by atoms with E-state index in [1.54, 1.807) is 19.1 Å². The topological polar surface area (TPSA) is 90.7 Å². The Labute approximate surface area is 105 Å². The van der Waals surface area contributed by atoms with Crippen LogP contribution >= 0.6 is 0 Å². The van der Waals surface area contributed by atoms with E-state index in [2.05, 4.69) is 5.32 Å². The number of benzene rings is 1. The molecule has 0 saturated carbocycles. The van der Waals surface area contributed by atoms with Gasteiger partial charge in [0.2, 0.25) is 0 Å². The lowest BCUT2D eigenvalue weighted by Crippen LogP contribution is -2.30. The molecule has 0 aliphatic carbocycles. The van der Waals surface area contributed by atoms with Crippen LogP contribution in [-0.4, -0.2) is 32.1 Å². The van der Waals surface area contributed by atoms with Crippen molar-refractivity contribution in [2.45, 2.75) is 6.92 Å². The van der Waals surface area contributed by atoms with E-state index < -0.39 is 11.9 Å². The molecule has 0 aromatic heterocycles. The number of ether oxygens (including phenoxy) is 2. The lowest BCUT2D eigenvalue weighted by atomic mass is 10.1. The highest BCUT2D eigenvalue weighted by atomic mass is 16.5. The molecule has 3 N–H and O–H groups in total. The van der Waals surface area contributed by atoms with Crippen molar-refractivity contribution in [3.05, 3.63) is 23.8 Å². The summed E-state index contributed by atoms with van der Waals surface area (Å²) in [4.78, 5) is 22.9. The zero-order valence-electron chi connectivity index (χ0n) is 10.4. The van der Waals surface area contributed by atoms with Gasteiger partial charge in [-0.05, 0) is 19.1 Å². The summed E-state index contributed by atoms with van der Waals surface area (Å²) in [5.41, 5.74) is 6.39. The number of esters is 1. The average molecular weight is 252 g/mol. The highest BCUT2D eigenvalue weighted by Gasteiger charge is 2.13. The molecule has 1 aromatic carbocycles. The van der Waals surface area contributed by atoms with Crippen LogP contribution in [0.2, 0.25) is 0 Å². The second kappa shape index (κ2) is 6.48. The number of anilines is 1. The summed E-state index contributed by atoms with van der Waals surface area (Å²) < 4.78 is 9.74. The Morgan fingerprint density at radius 2 is 2.11 bits per heavy atom. The summed E-state index contributed by atoms with van der Waals surface area (Å²) in [7, 11) is 1.44. The maximum absolute atomic E-state index is 11.8. The summed E-state index contributed by atoms with van der Waals surface area (Å²) in [6.07, 6.45) is 0. The van der Waals surface area contributed by atoms with Crippen LogP contribution in [0.25, 0.3) is 0 Å². The van der Waals surface area contributed by atoms with Crippen LogP contribution in [-0.2, 0) is 9.53 Å². The van der Waals surface area contributed by atoms with Gasteiger partial charge in [0.15, 0.2) is 0 Å². The highest BCUT2D eigenvalue weighted by molar-refractivity contribution is 5.98. The first-order valence-electron chi connectivity index (χ1n) is 5.45. The molecule has 1 aromatic rings. The van der Waals surface area contributed by atoms with Gasteiger partial charge in [-0.2, -0.15) is 0 Å². The first-order valence-corrected chi connectivity index (χ1v) is 5.45. The maximum atomic E-state index is 11.8. The summed E-state index contributed by atoms with van der Waals surface area (Å²) in [6.45, 7) is 1.79. The van der Waals surface area contributed by atoms with Gasteiger partial charge in [-0.1, -0.05) is 0 Å². The number of methoxy groups -OCH3 is 1. The van der Waals surface area contributed by atoms with E-state index in [9.17, 15) is 9.59 Å². The molecular formula is C12H16N2O4. The third kappa shape index (κ3) is 3.65. The van der Waals surface area contributed by atoms with Gasteiger partial charge in [-0.25, -0.2) is 0 Å². The number of carbonyl (C=O) groups excluding carboxylic acids is 2. The molecule has 0 atom stereocenters. The zero-order valence-corrected chi connectivity index (χ0v) is 10.4. The number of nitrogens with one attached hydrogen (secondary N) is 1. The molecule has 6 nitrogen and oxygen atoms in total. The van der Waals surface area contributed by atoms with E-state index in [0.29, 0.717) is 17.0 Å². The van der Waals surface area contributed by atoms with Crippen molar-refractivity contribution in [3.63, 3.8) is 0 Å². The molecule has 18 heavy (non-hydrogen) atoms. The third-order valence-corrected chi connectivity index (χ3v) is 2.17. The van der Waals surface area contributed by atoms with Crippen molar-refractivity contribution in [3.8, 4) is 5.75 Å². The average Bonchev–Trinajstić information content (AvgIpc) is 2.36. The second-order valence-corrected chi connectivity index (χ2v) is 3.45. The number of nitrogens with two attached hydrogens (primary N) is 1. The Balaban J connectivity index is 2.69. The number of hydrogen-bond acceptors (Lipinski definition) is 5. The summed E-state index contributed by atoms with van der Waals surface area (Å²) in [5, 5.41) is 2.44. The Morgan fingerprint density at radius 1 is 1.39 bits per heavy atom. The molecular weight excluding hydrogens is 236 g/mol. The van der Waals surface area contributed by atoms with E-state index >= 15 is 0 Å². The van der Waals surface area contributed by atoms with Gasteiger partial charge >= 0.3 is 5.97 Å². The standard InChI is InChI=1S/C12H16N2O4/c1-3-18-11(15)7-14-12(16)9-5-4-8(13)6-10(9)17-2/h4-6H,3,7,13H2,1-2H3,(H,14,16). The Bertz CT molecular complexity index is 446. The fourth-order valence-electron chi connectivity index (χ4n) is 1.36. The first-order chi connectivity index (χ1) is 8.58. The molecule has 0 fully saturated rings. The molecule has 0 aliphatic heterocycles. The van der Waals surface area contributed by atoms with Gasteiger partial charge in [0.1, 0.15) is 12.3 Å². The monoisotopic (exact) mass is 252 g/mol. The van der Waals surface area contributed by atoms with Crippen molar-refractivity contribution in [1.29, 1.82) is 0 Å². The minimum absolute atomic E-state index is 0.180. The van der Waals surface area contributed by atoms with Crippen molar-refractivity contribution in [1.82, 2.24) is 5.32 Å². The van der Waals surface area contributed by atoms with Crippen molar-refractivity contribution in [2.75, 3.05) is 26.0 Å². The predicted molar refractivity (Wildman–Crippen MR) is 66.4 cm³/mol. The van der Waals surface area contributed by atoms with Crippen LogP contribution in [0.3, 0.4) is 0 Å². The zero-order chi connectivity index (χ0) is 13.5. The number of amides is 1. The fraction of sp³-hybridized carbons (Fsp3) is 0.333. The number of nitrogen functional groups attached to an aromatic ring is 1. The molecule has 0 heterocycles. The van der Waals surface area contributed by atoms with Crippen LogP contribution in [0.15, 0.2) is 18.2 Å². The molecule has 0 spiro atoms. The Hall–Kier alpha value is -2.24. The molecule has 0 radical (unpaired) electrons. The lowest BCUT2D eigenvalue weighted by molar-refractivity contribution is -0.141. The number of hydrogen-bond donors (Lipinski definition) is 2. The molecule has 98 valence electrons. The lowest BCUT2D eigenvalue weighted by Gasteiger charge is -2.09. The SMILES string of the molecule is CCOC(=O)CNC(=O)c1ccc(N)cc1OC. The molecule has 0 aliphatic rings. The Morgan fingerprint density at radius 3 is 2.72 bits per heavy atom. The van der Waals surface area contributed by atoms with Gasteiger partial charge < -0.3 is 20.5 Å². The van der Waals surface area contributed by atoms with Crippen molar-refractivity contribution >= 4 is 17.6 Å². The molecule has 0 bridgehead atoms. The number of rotatable bonds is 5. The van der Waals surface area contributed by atoms with Gasteiger partial charge in [0.05, 0.1) is 19.3 Å². The van der Waals surface area contributed by atoms with E-state index in [1.165, 1.54) is 13.2 Å². The van der Waals surface area contributed by atoms with Gasteiger partial charge in [0, 0.05) is 11.8 Å². The molecule has 1 amide bonds. The molecule has 0 unspecified atom stereocenters. The smallest absolute Gasteiger partial charge is 0.325 e. The summed E-state index contributed by atoms with van der Waals surface area (Å²) in [6, 6.07) is 4.66. The van der Waals surface area contributed by atoms with Crippen molar-refractivity contribution < 1.29 is 19.1 Å².